The average Bonchev–Trinajstić information content (AvgIpc) is 2.92. The summed E-state index contributed by atoms with van der Waals surface area (Å²) in [5, 5.41) is 3.38. The zero-order valence-electron chi connectivity index (χ0n) is 12.3. The fourth-order valence-corrected chi connectivity index (χ4v) is 2.44. The zero-order chi connectivity index (χ0) is 14.7. The third-order valence-electron chi connectivity index (χ3n) is 3.59. The van der Waals surface area contributed by atoms with Crippen LogP contribution in [0, 0.1) is 0 Å². The molecule has 0 aliphatic carbocycles. The second-order valence-corrected chi connectivity index (χ2v) is 5.49. The minimum atomic E-state index is -0.0351. The lowest BCUT2D eigenvalue weighted by molar-refractivity contribution is 0.0827. The van der Waals surface area contributed by atoms with Crippen LogP contribution in [-0.2, 0) is 4.74 Å². The number of nitrogens with zero attached hydrogens (tertiary/aromatic N) is 1. The average molecular weight is 277 g/mol. The fraction of sp³-hybridized carbons (Fsp3) is 0.533. The molecule has 2 rings (SSSR count). The highest BCUT2D eigenvalue weighted by molar-refractivity contribution is 6.00. The maximum Gasteiger partial charge on any atom is 0.255 e. The third kappa shape index (κ3) is 3.22. The van der Waals surface area contributed by atoms with Gasteiger partial charge in [0.1, 0.15) is 0 Å². The third-order valence-corrected chi connectivity index (χ3v) is 3.59. The van der Waals surface area contributed by atoms with Crippen molar-refractivity contribution in [2.75, 3.05) is 31.8 Å². The van der Waals surface area contributed by atoms with E-state index in [1.807, 2.05) is 6.07 Å². The molecule has 1 aromatic rings. The van der Waals surface area contributed by atoms with Gasteiger partial charge in [0.2, 0.25) is 0 Å². The Balaban J connectivity index is 2.20. The quantitative estimate of drug-likeness (QED) is 0.825. The number of carbonyl (C=O) groups is 1. The van der Waals surface area contributed by atoms with Gasteiger partial charge in [-0.2, -0.15) is 0 Å². The number of nitrogen functional groups attached to an aromatic ring is 1. The van der Waals surface area contributed by atoms with E-state index in [0.717, 1.165) is 25.1 Å². The number of amides is 1. The molecule has 1 saturated heterocycles. The summed E-state index contributed by atoms with van der Waals surface area (Å²) in [6, 6.07) is 5.47. The molecule has 0 spiro atoms. The van der Waals surface area contributed by atoms with Crippen molar-refractivity contribution in [3.8, 4) is 0 Å². The van der Waals surface area contributed by atoms with Crippen molar-refractivity contribution in [1.29, 1.82) is 0 Å². The predicted octanol–water partition coefficient (Wildman–Crippen LogP) is 1.95. The van der Waals surface area contributed by atoms with Gasteiger partial charge in [-0.25, -0.2) is 0 Å². The highest BCUT2D eigenvalue weighted by Crippen LogP contribution is 2.24. The summed E-state index contributed by atoms with van der Waals surface area (Å²) in [4.78, 5) is 13.8. The van der Waals surface area contributed by atoms with Crippen LogP contribution < -0.4 is 11.1 Å². The van der Waals surface area contributed by atoms with Gasteiger partial charge in [0.05, 0.1) is 11.7 Å². The lowest BCUT2D eigenvalue weighted by Crippen LogP contribution is -2.31. The number of carbonyl (C=O) groups excluding carboxylic acids is 1. The first kappa shape index (κ1) is 14.7. The standard InChI is InChI=1S/C15H23N3O2/c1-10(14-5-4-8-20-14)17-13-9-11(16)6-7-12(13)15(19)18(2)3/h6-7,9-10,14,17H,4-5,8,16H2,1-3H3. The van der Waals surface area contributed by atoms with E-state index in [1.54, 1.807) is 31.1 Å². The molecule has 1 aromatic carbocycles. The Labute approximate surface area is 120 Å². The van der Waals surface area contributed by atoms with Gasteiger partial charge in [-0.3, -0.25) is 4.79 Å². The molecule has 110 valence electrons. The molecule has 2 atom stereocenters. The number of nitrogens with one attached hydrogen (secondary N) is 1. The summed E-state index contributed by atoms with van der Waals surface area (Å²) in [6.07, 6.45) is 2.34. The fourth-order valence-electron chi connectivity index (χ4n) is 2.44. The molecular formula is C15H23N3O2. The minimum Gasteiger partial charge on any atom is -0.399 e. The van der Waals surface area contributed by atoms with Crippen molar-refractivity contribution in [2.24, 2.45) is 0 Å². The number of ether oxygens (including phenoxy) is 1. The van der Waals surface area contributed by atoms with E-state index in [9.17, 15) is 4.79 Å². The van der Waals surface area contributed by atoms with E-state index in [1.165, 1.54) is 0 Å². The summed E-state index contributed by atoms with van der Waals surface area (Å²) in [5.74, 6) is -0.0351. The Hall–Kier alpha value is -1.75. The van der Waals surface area contributed by atoms with Gasteiger partial charge in [0.15, 0.2) is 0 Å². The molecule has 0 aromatic heterocycles. The predicted molar refractivity (Wildman–Crippen MR) is 80.9 cm³/mol. The Morgan fingerprint density at radius 3 is 2.85 bits per heavy atom. The molecule has 1 heterocycles. The summed E-state index contributed by atoms with van der Waals surface area (Å²) < 4.78 is 5.68. The van der Waals surface area contributed by atoms with Crippen LogP contribution in [-0.4, -0.2) is 43.7 Å². The van der Waals surface area contributed by atoms with E-state index < -0.39 is 0 Å². The van der Waals surface area contributed by atoms with Crippen molar-refractivity contribution in [2.45, 2.75) is 31.9 Å². The molecule has 0 saturated carbocycles. The maximum atomic E-state index is 12.2. The second kappa shape index (κ2) is 6.13. The first-order valence-corrected chi connectivity index (χ1v) is 6.98. The molecule has 2 unspecified atom stereocenters. The molecule has 0 radical (unpaired) electrons. The van der Waals surface area contributed by atoms with Crippen molar-refractivity contribution >= 4 is 17.3 Å². The first-order chi connectivity index (χ1) is 9.49. The molecule has 1 aliphatic heterocycles. The highest BCUT2D eigenvalue weighted by atomic mass is 16.5. The van der Waals surface area contributed by atoms with Crippen LogP contribution in [0.5, 0.6) is 0 Å². The molecule has 5 nitrogen and oxygen atoms in total. The van der Waals surface area contributed by atoms with Gasteiger partial charge in [-0.1, -0.05) is 0 Å². The van der Waals surface area contributed by atoms with E-state index in [-0.39, 0.29) is 18.1 Å². The van der Waals surface area contributed by atoms with Crippen LogP contribution in [0.4, 0.5) is 11.4 Å². The number of nitrogens with two attached hydrogens (primary N) is 1. The minimum absolute atomic E-state index is 0.0351. The van der Waals surface area contributed by atoms with Crippen LogP contribution in [0.3, 0.4) is 0 Å². The van der Waals surface area contributed by atoms with Crippen LogP contribution in [0.25, 0.3) is 0 Å². The summed E-state index contributed by atoms with van der Waals surface area (Å²) in [5.41, 5.74) is 7.88. The molecule has 3 N–H and O–H groups in total. The highest BCUT2D eigenvalue weighted by Gasteiger charge is 2.24. The molecule has 20 heavy (non-hydrogen) atoms. The number of benzene rings is 1. The molecular weight excluding hydrogens is 254 g/mol. The Morgan fingerprint density at radius 1 is 1.50 bits per heavy atom. The van der Waals surface area contributed by atoms with E-state index in [0.29, 0.717) is 11.3 Å². The van der Waals surface area contributed by atoms with Crippen LogP contribution in [0.2, 0.25) is 0 Å². The topological polar surface area (TPSA) is 67.6 Å². The summed E-state index contributed by atoms with van der Waals surface area (Å²) >= 11 is 0. The van der Waals surface area contributed by atoms with E-state index >= 15 is 0 Å². The Morgan fingerprint density at radius 2 is 2.25 bits per heavy atom. The lowest BCUT2D eigenvalue weighted by atomic mass is 10.1. The van der Waals surface area contributed by atoms with E-state index in [4.69, 9.17) is 10.5 Å². The molecule has 1 aliphatic rings. The first-order valence-electron chi connectivity index (χ1n) is 6.98. The van der Waals surface area contributed by atoms with Crippen molar-refractivity contribution in [3.63, 3.8) is 0 Å². The van der Waals surface area contributed by atoms with Gasteiger partial charge in [0.25, 0.3) is 5.91 Å². The number of hydrogen-bond donors (Lipinski definition) is 2. The summed E-state index contributed by atoms with van der Waals surface area (Å²) in [7, 11) is 3.48. The maximum absolute atomic E-state index is 12.2. The number of hydrogen-bond acceptors (Lipinski definition) is 4. The van der Waals surface area contributed by atoms with Gasteiger partial charge in [-0.15, -0.1) is 0 Å². The number of rotatable bonds is 4. The van der Waals surface area contributed by atoms with Gasteiger partial charge < -0.3 is 20.7 Å². The van der Waals surface area contributed by atoms with Crippen molar-refractivity contribution < 1.29 is 9.53 Å². The smallest absolute Gasteiger partial charge is 0.255 e. The summed E-state index contributed by atoms with van der Waals surface area (Å²) in [6.45, 7) is 2.89. The molecule has 1 fully saturated rings. The van der Waals surface area contributed by atoms with Crippen LogP contribution >= 0.6 is 0 Å². The van der Waals surface area contributed by atoms with Crippen molar-refractivity contribution in [3.05, 3.63) is 23.8 Å². The lowest BCUT2D eigenvalue weighted by Gasteiger charge is -2.23. The van der Waals surface area contributed by atoms with Crippen LogP contribution in [0.1, 0.15) is 30.1 Å². The van der Waals surface area contributed by atoms with Gasteiger partial charge >= 0.3 is 0 Å². The van der Waals surface area contributed by atoms with Crippen LogP contribution in [0.15, 0.2) is 18.2 Å². The second-order valence-electron chi connectivity index (χ2n) is 5.49. The molecule has 5 heteroatoms. The SMILES string of the molecule is CC(Nc1cc(N)ccc1C(=O)N(C)C)C1CCCO1. The molecule has 0 bridgehead atoms. The zero-order valence-corrected chi connectivity index (χ0v) is 12.3. The Kier molecular flexibility index (Phi) is 4.49. The van der Waals surface area contributed by atoms with Gasteiger partial charge in [-0.05, 0) is 38.0 Å². The number of anilines is 2. The normalized spacial score (nSPS) is 19.6. The molecule has 1 amide bonds. The monoisotopic (exact) mass is 277 g/mol. The Bertz CT molecular complexity index is 482. The van der Waals surface area contributed by atoms with E-state index in [2.05, 4.69) is 12.2 Å². The van der Waals surface area contributed by atoms with Gasteiger partial charge in [0, 0.05) is 38.1 Å². The largest absolute Gasteiger partial charge is 0.399 e. The van der Waals surface area contributed by atoms with Crippen molar-refractivity contribution in [1.82, 2.24) is 4.90 Å².